The Hall–Kier alpha value is -3.88. The average Bonchev–Trinajstić information content (AvgIpc) is 3.10. The molecule has 0 atom stereocenters. The Labute approximate surface area is 198 Å². The predicted octanol–water partition coefficient (Wildman–Crippen LogP) is 3.54. The summed E-state index contributed by atoms with van der Waals surface area (Å²) in [5, 5.41) is 7.86. The van der Waals surface area contributed by atoms with Gasteiger partial charge in [-0.2, -0.15) is 5.10 Å². The molecule has 9 nitrogen and oxygen atoms in total. The average molecular weight is 464 g/mol. The van der Waals surface area contributed by atoms with Crippen molar-refractivity contribution in [2.75, 3.05) is 0 Å². The van der Waals surface area contributed by atoms with E-state index in [0.717, 1.165) is 11.1 Å². The van der Waals surface area contributed by atoms with E-state index >= 15 is 0 Å². The maximum atomic E-state index is 12.6. The normalized spacial score (nSPS) is 11.3. The number of aromatic nitrogens is 4. The molecule has 0 unspecified atom stereocenters. The van der Waals surface area contributed by atoms with Gasteiger partial charge in [-0.3, -0.25) is 19.1 Å². The van der Waals surface area contributed by atoms with Crippen LogP contribution in [0.15, 0.2) is 37.2 Å². The number of benzene rings is 1. The first kappa shape index (κ1) is 24.8. The highest BCUT2D eigenvalue weighted by molar-refractivity contribution is 6.07. The maximum absolute atomic E-state index is 12.6. The quantitative estimate of drug-likeness (QED) is 0.309. The molecule has 3 rings (SSSR count). The molecule has 178 valence electrons. The smallest absolute Gasteiger partial charge is 0.328 e. The molecule has 0 aliphatic carbocycles. The van der Waals surface area contributed by atoms with Crippen LogP contribution in [0.3, 0.4) is 0 Å². The monoisotopic (exact) mass is 463 g/mol. The van der Waals surface area contributed by atoms with Crippen molar-refractivity contribution in [3.05, 3.63) is 54.3 Å². The minimum atomic E-state index is -0.663. The number of nitrogens with zero attached hydrogens (tertiary/aromatic N) is 4. The van der Waals surface area contributed by atoms with Gasteiger partial charge in [0.05, 0.1) is 5.52 Å². The molecule has 0 bridgehead atoms. The van der Waals surface area contributed by atoms with Crippen LogP contribution in [0.2, 0.25) is 0 Å². The van der Waals surface area contributed by atoms with E-state index in [4.69, 9.17) is 4.74 Å². The summed E-state index contributed by atoms with van der Waals surface area (Å²) in [5.41, 5.74) is 2.34. The van der Waals surface area contributed by atoms with Crippen LogP contribution in [-0.2, 0) is 27.4 Å². The fraction of sp³-hybridized carbons (Fsp3) is 0.360. The molecule has 0 saturated carbocycles. The number of rotatable bonds is 8. The third kappa shape index (κ3) is 5.92. The lowest BCUT2D eigenvalue weighted by Crippen LogP contribution is -2.27. The molecule has 0 radical (unpaired) electrons. The number of fused-ring (bicyclic) bond motifs is 1. The van der Waals surface area contributed by atoms with E-state index in [1.165, 1.54) is 17.7 Å². The lowest BCUT2D eigenvalue weighted by atomic mass is 10.00. The van der Waals surface area contributed by atoms with Crippen LogP contribution in [0, 0.1) is 6.92 Å². The van der Waals surface area contributed by atoms with Crippen molar-refractivity contribution in [3.8, 4) is 11.1 Å². The van der Waals surface area contributed by atoms with Crippen molar-refractivity contribution in [3.63, 3.8) is 0 Å². The Bertz CT molecular complexity index is 1250. The predicted molar refractivity (Wildman–Crippen MR) is 128 cm³/mol. The van der Waals surface area contributed by atoms with Gasteiger partial charge in [0.15, 0.2) is 5.78 Å². The molecule has 1 amide bonds. The van der Waals surface area contributed by atoms with Gasteiger partial charge in [0.1, 0.15) is 23.7 Å². The SMILES string of the molecule is C=CCC(=O)NCc1cc(-c2cnc(C)nc2)cc2c(C(C)=O)nn(CC(=O)OC(C)(C)C)c12. The van der Waals surface area contributed by atoms with Crippen molar-refractivity contribution < 1.29 is 19.1 Å². The van der Waals surface area contributed by atoms with Crippen molar-refractivity contribution in [1.82, 2.24) is 25.1 Å². The van der Waals surface area contributed by atoms with Crippen LogP contribution in [0.4, 0.5) is 0 Å². The van der Waals surface area contributed by atoms with E-state index in [-0.39, 0.29) is 36.9 Å². The second-order valence-corrected chi connectivity index (χ2v) is 8.97. The highest BCUT2D eigenvalue weighted by Crippen LogP contribution is 2.30. The van der Waals surface area contributed by atoms with Crippen molar-refractivity contribution in [1.29, 1.82) is 0 Å². The van der Waals surface area contributed by atoms with Crippen molar-refractivity contribution >= 4 is 28.6 Å². The zero-order valence-corrected chi connectivity index (χ0v) is 20.1. The Morgan fingerprint density at radius 1 is 1.15 bits per heavy atom. The zero-order valence-electron chi connectivity index (χ0n) is 20.1. The number of carbonyl (C=O) groups is 3. The Balaban J connectivity index is 2.17. The van der Waals surface area contributed by atoms with Gasteiger partial charge in [-0.25, -0.2) is 9.97 Å². The van der Waals surface area contributed by atoms with Crippen molar-refractivity contribution in [2.24, 2.45) is 0 Å². The van der Waals surface area contributed by atoms with E-state index in [1.807, 2.05) is 12.1 Å². The lowest BCUT2D eigenvalue weighted by molar-refractivity contribution is -0.155. The van der Waals surface area contributed by atoms with E-state index in [9.17, 15) is 14.4 Å². The summed E-state index contributed by atoms with van der Waals surface area (Å²) in [6.07, 6.45) is 5.08. The van der Waals surface area contributed by atoms with Gasteiger partial charge >= 0.3 is 5.97 Å². The van der Waals surface area contributed by atoms with E-state index in [1.54, 1.807) is 40.1 Å². The topological polar surface area (TPSA) is 116 Å². The number of carbonyl (C=O) groups excluding carboxylic acids is 3. The number of aryl methyl sites for hydroxylation is 1. The maximum Gasteiger partial charge on any atom is 0.328 e. The van der Waals surface area contributed by atoms with Gasteiger partial charge in [-0.1, -0.05) is 6.08 Å². The van der Waals surface area contributed by atoms with Gasteiger partial charge in [0.2, 0.25) is 5.91 Å². The molecule has 9 heteroatoms. The second-order valence-electron chi connectivity index (χ2n) is 8.97. The molecular weight excluding hydrogens is 434 g/mol. The number of ketones is 1. The number of ether oxygens (including phenoxy) is 1. The number of Topliss-reactive ketones (excluding diaryl/α,β-unsaturated/α-hetero) is 1. The van der Waals surface area contributed by atoms with Gasteiger partial charge in [0.25, 0.3) is 0 Å². The minimum absolute atomic E-state index is 0.168. The molecule has 0 fully saturated rings. The molecule has 1 aromatic carbocycles. The van der Waals surface area contributed by atoms with Gasteiger partial charge < -0.3 is 10.1 Å². The van der Waals surface area contributed by atoms with E-state index < -0.39 is 11.6 Å². The number of hydrogen-bond acceptors (Lipinski definition) is 7. The fourth-order valence-corrected chi connectivity index (χ4v) is 3.52. The highest BCUT2D eigenvalue weighted by atomic mass is 16.6. The van der Waals surface area contributed by atoms with Gasteiger partial charge in [0, 0.05) is 43.2 Å². The third-order valence-electron chi connectivity index (χ3n) is 4.88. The van der Waals surface area contributed by atoms with Crippen LogP contribution >= 0.6 is 0 Å². The molecule has 2 heterocycles. The van der Waals surface area contributed by atoms with Crippen LogP contribution in [0.1, 0.15) is 56.0 Å². The molecular formula is C25H29N5O4. The number of hydrogen-bond donors (Lipinski definition) is 1. The van der Waals surface area contributed by atoms with E-state index in [2.05, 4.69) is 27.0 Å². The lowest BCUT2D eigenvalue weighted by Gasteiger charge is -2.19. The zero-order chi connectivity index (χ0) is 25.0. The summed E-state index contributed by atoms with van der Waals surface area (Å²) in [6.45, 7) is 12.1. The van der Waals surface area contributed by atoms with E-state index in [0.29, 0.717) is 22.3 Å². The van der Waals surface area contributed by atoms with Crippen LogP contribution in [-0.4, -0.2) is 43.0 Å². The third-order valence-corrected chi connectivity index (χ3v) is 4.88. The molecule has 34 heavy (non-hydrogen) atoms. The molecule has 2 aromatic heterocycles. The number of amides is 1. The summed E-state index contributed by atoms with van der Waals surface area (Å²) in [5.74, 6) is -0.287. The van der Waals surface area contributed by atoms with Crippen LogP contribution in [0.25, 0.3) is 22.0 Å². The summed E-state index contributed by atoms with van der Waals surface area (Å²) in [4.78, 5) is 45.7. The largest absolute Gasteiger partial charge is 0.459 e. The first-order valence-corrected chi connectivity index (χ1v) is 10.9. The molecule has 3 aromatic rings. The number of nitrogens with one attached hydrogen (secondary N) is 1. The molecule has 0 spiro atoms. The van der Waals surface area contributed by atoms with Gasteiger partial charge in [-0.05, 0) is 51.0 Å². The Morgan fingerprint density at radius 2 is 1.82 bits per heavy atom. The summed E-state index contributed by atoms with van der Waals surface area (Å²) in [7, 11) is 0. The van der Waals surface area contributed by atoms with Crippen LogP contribution < -0.4 is 5.32 Å². The fourth-order valence-electron chi connectivity index (χ4n) is 3.52. The molecule has 1 N–H and O–H groups in total. The Morgan fingerprint density at radius 3 is 2.41 bits per heavy atom. The van der Waals surface area contributed by atoms with Crippen LogP contribution in [0.5, 0.6) is 0 Å². The molecule has 0 saturated heterocycles. The molecule has 0 aliphatic rings. The first-order valence-electron chi connectivity index (χ1n) is 10.9. The first-order chi connectivity index (χ1) is 16.0. The molecule has 0 aliphatic heterocycles. The Kier molecular flexibility index (Phi) is 7.24. The summed E-state index contributed by atoms with van der Waals surface area (Å²) < 4.78 is 6.92. The number of esters is 1. The standard InChI is InChI=1S/C25H29N5O4/c1-7-8-21(32)28-11-18-9-17(19-12-26-16(3)27-13-19)10-20-23(15(2)31)29-30(24(18)20)14-22(33)34-25(4,5)6/h7,9-10,12-13H,1,8,11,14H2,2-6H3,(H,28,32). The second kappa shape index (κ2) is 9.94. The summed E-state index contributed by atoms with van der Waals surface area (Å²) in [6, 6.07) is 3.70. The summed E-state index contributed by atoms with van der Waals surface area (Å²) >= 11 is 0. The highest BCUT2D eigenvalue weighted by Gasteiger charge is 2.23. The van der Waals surface area contributed by atoms with Gasteiger partial charge in [-0.15, -0.1) is 6.58 Å². The minimum Gasteiger partial charge on any atom is -0.459 e. The van der Waals surface area contributed by atoms with Crippen molar-refractivity contribution in [2.45, 2.75) is 59.7 Å².